The van der Waals surface area contributed by atoms with Gasteiger partial charge in [-0.15, -0.1) is 6.42 Å². The minimum atomic E-state index is 0. The number of hydrogen-bond acceptors (Lipinski definition) is 0. The minimum absolute atomic E-state index is 0. The summed E-state index contributed by atoms with van der Waals surface area (Å²) in [5, 5.41) is 0. The van der Waals surface area contributed by atoms with Crippen molar-refractivity contribution in [3.8, 4) is 0 Å². The Kier molecular flexibility index (Phi) is 4.20. The fourth-order valence-corrected chi connectivity index (χ4v) is 0.818. The molecule has 1 aliphatic rings. The zero-order valence-electron chi connectivity index (χ0n) is 7.89. The first-order chi connectivity index (χ1) is 3.80. The predicted molar refractivity (Wildman–Crippen MR) is 37.6 cm³/mol. The average Bonchev–Trinajstić information content (AvgIpc) is 2.12. The van der Waals surface area contributed by atoms with Gasteiger partial charge in [-0.25, -0.2) is 11.6 Å². The summed E-state index contributed by atoms with van der Waals surface area (Å²) < 4.78 is 0. The molecule has 0 aromatic heterocycles. The van der Waals surface area contributed by atoms with Crippen LogP contribution >= 0.6 is 0 Å². The molecule has 0 aromatic carbocycles. The van der Waals surface area contributed by atoms with Crippen LogP contribution in [0.1, 0.15) is 23.1 Å². The van der Waals surface area contributed by atoms with E-state index in [4.69, 9.17) is 0 Å². The third-order valence-corrected chi connectivity index (χ3v) is 1.34. The first-order valence-electron chi connectivity index (χ1n) is 3.08. The van der Waals surface area contributed by atoms with Gasteiger partial charge in [-0.3, -0.25) is 6.08 Å². The van der Waals surface area contributed by atoms with E-state index in [0.717, 1.165) is 6.42 Å². The normalized spacial score (nSPS) is 15.7. The summed E-state index contributed by atoms with van der Waals surface area (Å²) >= 11 is 0. The smallest absolute Gasteiger partial charge is 1.00 e. The topological polar surface area (TPSA) is 0 Å². The Morgan fingerprint density at radius 3 is 2.56 bits per heavy atom. The first-order valence-corrected chi connectivity index (χ1v) is 3.08. The van der Waals surface area contributed by atoms with Gasteiger partial charge in [0.15, 0.2) is 0 Å². The standard InChI is InChI=1S/C8H11.Ta.2H/c1-7(2)8-5-3-4-6-8;;;/h3,5,7H,4H2,1-2H3;;;/q-1;+2;2*-1. The average molecular weight is 290 g/mol. The summed E-state index contributed by atoms with van der Waals surface area (Å²) in [6.07, 6.45) is 8.59. The summed E-state index contributed by atoms with van der Waals surface area (Å²) in [7, 11) is 0. The van der Waals surface area contributed by atoms with Gasteiger partial charge in [-0.05, 0) is 0 Å². The molecule has 0 N–H and O–H groups in total. The van der Waals surface area contributed by atoms with Gasteiger partial charge >= 0.3 is 22.4 Å². The number of allylic oxidation sites excluding steroid dienone is 4. The van der Waals surface area contributed by atoms with Crippen LogP contribution in [0.2, 0.25) is 0 Å². The molecule has 1 aliphatic carbocycles. The molecule has 0 saturated carbocycles. The Balaban J connectivity index is -0.000000213. The van der Waals surface area contributed by atoms with Gasteiger partial charge in [-0.2, -0.15) is 6.08 Å². The second-order valence-electron chi connectivity index (χ2n) is 2.39. The molecule has 0 atom stereocenters. The molecule has 9 heavy (non-hydrogen) atoms. The molecule has 1 radical (unpaired) electrons. The summed E-state index contributed by atoms with van der Waals surface area (Å²) in [5.41, 5.74) is 1.37. The van der Waals surface area contributed by atoms with Crippen molar-refractivity contribution in [3.63, 3.8) is 0 Å². The molecule has 0 saturated heterocycles. The predicted octanol–water partition coefficient (Wildman–Crippen LogP) is 2.55. The van der Waals surface area contributed by atoms with Crippen molar-refractivity contribution in [1.82, 2.24) is 0 Å². The van der Waals surface area contributed by atoms with E-state index >= 15 is 0 Å². The number of rotatable bonds is 1. The van der Waals surface area contributed by atoms with Gasteiger partial charge in [0.2, 0.25) is 0 Å². The third-order valence-electron chi connectivity index (χ3n) is 1.34. The van der Waals surface area contributed by atoms with E-state index in [2.05, 4.69) is 32.1 Å². The molecule has 0 amide bonds. The molecule has 0 nitrogen and oxygen atoms in total. The van der Waals surface area contributed by atoms with Gasteiger partial charge in [0.05, 0.1) is 0 Å². The molecule has 0 aromatic rings. The van der Waals surface area contributed by atoms with Gasteiger partial charge in [0.25, 0.3) is 0 Å². The molecule has 0 heterocycles. The largest absolute Gasteiger partial charge is 2.00 e. The van der Waals surface area contributed by atoms with Crippen LogP contribution in [-0.2, 0) is 22.4 Å². The van der Waals surface area contributed by atoms with Crippen molar-refractivity contribution in [2.24, 2.45) is 5.92 Å². The molecule has 0 fully saturated rings. The van der Waals surface area contributed by atoms with Crippen molar-refractivity contribution in [3.05, 3.63) is 23.8 Å². The van der Waals surface area contributed by atoms with E-state index in [1.807, 2.05) is 0 Å². The molecule has 51 valence electrons. The van der Waals surface area contributed by atoms with E-state index in [-0.39, 0.29) is 25.2 Å². The van der Waals surface area contributed by atoms with Crippen LogP contribution in [0.25, 0.3) is 0 Å². The fraction of sp³-hybridized carbons (Fsp3) is 0.500. The molecule has 0 aliphatic heterocycles. The minimum Gasteiger partial charge on any atom is -1.00 e. The summed E-state index contributed by atoms with van der Waals surface area (Å²) in [6.45, 7) is 4.38. The monoisotopic (exact) mass is 290 g/mol. The molecular formula is C8H13Ta-. The third kappa shape index (κ3) is 2.53. The quantitative estimate of drug-likeness (QED) is 0.651. The van der Waals surface area contributed by atoms with E-state index in [1.165, 1.54) is 5.57 Å². The van der Waals surface area contributed by atoms with Crippen molar-refractivity contribution in [2.45, 2.75) is 20.3 Å². The Morgan fingerprint density at radius 1 is 1.67 bits per heavy atom. The molecule has 1 rings (SSSR count). The Morgan fingerprint density at radius 2 is 2.33 bits per heavy atom. The Bertz CT molecular complexity index is 139. The zero-order valence-corrected chi connectivity index (χ0v) is 9.10. The second kappa shape index (κ2) is 4.10. The van der Waals surface area contributed by atoms with Crippen molar-refractivity contribution < 1.29 is 25.2 Å². The zero-order chi connectivity index (χ0) is 5.98. The van der Waals surface area contributed by atoms with Crippen LogP contribution < -0.4 is 0 Å². The summed E-state index contributed by atoms with van der Waals surface area (Å²) in [4.78, 5) is 0. The molecule has 0 bridgehead atoms. The van der Waals surface area contributed by atoms with E-state index in [0.29, 0.717) is 5.92 Å². The van der Waals surface area contributed by atoms with Gasteiger partial charge in [0.1, 0.15) is 0 Å². The molecule has 0 spiro atoms. The Labute approximate surface area is 75.5 Å². The fourth-order valence-electron chi connectivity index (χ4n) is 0.818. The van der Waals surface area contributed by atoms with E-state index in [9.17, 15) is 0 Å². The van der Waals surface area contributed by atoms with Crippen LogP contribution in [-0.4, -0.2) is 0 Å². The number of hydrogen-bond donors (Lipinski definition) is 0. The SMILES string of the molecule is CC(C)C1=[C-]CC=C1.[H-].[H-].[Ta+2]. The molecule has 0 unspecified atom stereocenters. The van der Waals surface area contributed by atoms with Crippen LogP contribution in [0.4, 0.5) is 0 Å². The summed E-state index contributed by atoms with van der Waals surface area (Å²) in [5.74, 6) is 0.661. The van der Waals surface area contributed by atoms with Gasteiger partial charge < -0.3 is 2.85 Å². The first kappa shape index (κ1) is 9.22. The Hall–Kier alpha value is 0.220. The maximum Gasteiger partial charge on any atom is 2.00 e. The molecule has 1 heteroatoms. The summed E-state index contributed by atoms with van der Waals surface area (Å²) in [6, 6.07) is 0. The van der Waals surface area contributed by atoms with Crippen LogP contribution in [0.15, 0.2) is 17.7 Å². The van der Waals surface area contributed by atoms with Crippen molar-refractivity contribution in [2.75, 3.05) is 0 Å². The van der Waals surface area contributed by atoms with Crippen molar-refractivity contribution >= 4 is 0 Å². The van der Waals surface area contributed by atoms with E-state index in [1.54, 1.807) is 0 Å². The van der Waals surface area contributed by atoms with Crippen LogP contribution in [0.3, 0.4) is 0 Å². The molecular weight excluding hydrogens is 277 g/mol. The van der Waals surface area contributed by atoms with Gasteiger partial charge in [0, 0.05) is 0 Å². The maximum absolute atomic E-state index is 3.26. The van der Waals surface area contributed by atoms with Crippen LogP contribution in [0.5, 0.6) is 0 Å². The van der Waals surface area contributed by atoms with Gasteiger partial charge in [-0.1, -0.05) is 19.8 Å². The second-order valence-corrected chi connectivity index (χ2v) is 2.39. The van der Waals surface area contributed by atoms with Crippen molar-refractivity contribution in [1.29, 1.82) is 0 Å². The maximum atomic E-state index is 3.26. The van der Waals surface area contributed by atoms with Crippen LogP contribution in [0, 0.1) is 12.0 Å². The van der Waals surface area contributed by atoms with E-state index < -0.39 is 0 Å².